The summed E-state index contributed by atoms with van der Waals surface area (Å²) in [5.41, 5.74) is 3.70. The fourth-order valence-electron chi connectivity index (χ4n) is 1.87. The Hall–Kier alpha value is -2.29. The molecule has 1 N–H and O–H groups in total. The maximum atomic E-state index is 8.87. The number of rotatable bonds is 4. The van der Waals surface area contributed by atoms with Crippen LogP contribution in [0.5, 0.6) is 5.75 Å². The largest absolute Gasteiger partial charge is 0.488 e. The number of nitrogens with zero attached hydrogens (tertiary/aromatic N) is 1. The minimum absolute atomic E-state index is 0.502. The number of hydrogen-bond donors (Lipinski definition) is 1. The molecule has 0 heterocycles. The van der Waals surface area contributed by atoms with E-state index >= 15 is 0 Å². The fraction of sp³-hybridized carbons (Fsp3) is 0.188. The maximum Gasteiger partial charge on any atom is 0.128 e. The number of oxime groups is 1. The fourth-order valence-corrected chi connectivity index (χ4v) is 1.87. The number of hydrogen-bond acceptors (Lipinski definition) is 3. The van der Waals surface area contributed by atoms with E-state index in [-0.39, 0.29) is 0 Å². The van der Waals surface area contributed by atoms with E-state index in [1.54, 1.807) is 6.92 Å². The summed E-state index contributed by atoms with van der Waals surface area (Å²) < 4.78 is 5.84. The molecular formula is C16H17NO2. The average Bonchev–Trinajstić information content (AvgIpc) is 2.46. The topological polar surface area (TPSA) is 41.8 Å². The van der Waals surface area contributed by atoms with Crippen LogP contribution in [0.25, 0.3) is 0 Å². The molecule has 98 valence electrons. The first-order valence-corrected chi connectivity index (χ1v) is 6.17. The maximum absolute atomic E-state index is 8.87. The first-order valence-electron chi connectivity index (χ1n) is 6.17. The minimum atomic E-state index is 0.502. The van der Waals surface area contributed by atoms with E-state index in [2.05, 4.69) is 18.1 Å². The molecular weight excluding hydrogens is 238 g/mol. The van der Waals surface area contributed by atoms with Crippen LogP contribution in [-0.4, -0.2) is 10.9 Å². The van der Waals surface area contributed by atoms with Gasteiger partial charge in [0.2, 0.25) is 0 Å². The molecule has 2 rings (SSSR count). The van der Waals surface area contributed by atoms with Crippen molar-refractivity contribution in [3.8, 4) is 5.75 Å². The van der Waals surface area contributed by atoms with Crippen molar-refractivity contribution < 1.29 is 9.94 Å². The highest BCUT2D eigenvalue weighted by atomic mass is 16.5. The van der Waals surface area contributed by atoms with E-state index in [4.69, 9.17) is 9.94 Å². The highest BCUT2D eigenvalue weighted by Gasteiger charge is 2.07. The first kappa shape index (κ1) is 13.1. The van der Waals surface area contributed by atoms with Crippen LogP contribution in [0.2, 0.25) is 0 Å². The Morgan fingerprint density at radius 3 is 2.53 bits per heavy atom. The lowest BCUT2D eigenvalue weighted by molar-refractivity contribution is 0.302. The summed E-state index contributed by atoms with van der Waals surface area (Å²) >= 11 is 0. The Morgan fingerprint density at radius 2 is 1.79 bits per heavy atom. The van der Waals surface area contributed by atoms with E-state index in [9.17, 15) is 0 Å². The number of ether oxygens (including phenoxy) is 1. The number of para-hydroxylation sites is 1. The summed E-state index contributed by atoms with van der Waals surface area (Å²) in [6.45, 7) is 4.31. The van der Waals surface area contributed by atoms with Crippen molar-refractivity contribution in [2.24, 2.45) is 5.16 Å². The molecule has 2 aromatic carbocycles. The summed E-state index contributed by atoms with van der Waals surface area (Å²) in [4.78, 5) is 0. The minimum Gasteiger partial charge on any atom is -0.488 e. The third kappa shape index (κ3) is 3.13. The molecule has 0 spiro atoms. The lowest BCUT2D eigenvalue weighted by Gasteiger charge is -2.12. The van der Waals surface area contributed by atoms with Gasteiger partial charge in [-0.25, -0.2) is 0 Å². The number of benzene rings is 2. The van der Waals surface area contributed by atoms with Crippen LogP contribution >= 0.6 is 0 Å². The van der Waals surface area contributed by atoms with Crippen molar-refractivity contribution in [2.45, 2.75) is 20.5 Å². The summed E-state index contributed by atoms with van der Waals surface area (Å²) in [5.74, 6) is 0.723. The smallest absolute Gasteiger partial charge is 0.128 e. The predicted octanol–water partition coefficient (Wildman–Crippen LogP) is 3.77. The molecule has 0 radical (unpaired) electrons. The van der Waals surface area contributed by atoms with E-state index in [0.29, 0.717) is 12.3 Å². The quantitative estimate of drug-likeness (QED) is 0.513. The van der Waals surface area contributed by atoms with Crippen molar-refractivity contribution >= 4 is 5.71 Å². The molecule has 0 amide bonds. The van der Waals surface area contributed by atoms with Gasteiger partial charge in [0.15, 0.2) is 0 Å². The monoisotopic (exact) mass is 255 g/mol. The zero-order valence-corrected chi connectivity index (χ0v) is 11.1. The molecule has 0 aliphatic rings. The molecule has 3 heteroatoms. The normalized spacial score (nSPS) is 11.4. The molecule has 2 aromatic rings. The van der Waals surface area contributed by atoms with Crippen molar-refractivity contribution in [1.29, 1.82) is 0 Å². The molecule has 0 aromatic heterocycles. The Bertz CT molecular complexity index is 591. The van der Waals surface area contributed by atoms with Crippen LogP contribution in [0.4, 0.5) is 0 Å². The van der Waals surface area contributed by atoms with Gasteiger partial charge >= 0.3 is 0 Å². The van der Waals surface area contributed by atoms with Gasteiger partial charge in [-0.05, 0) is 37.1 Å². The van der Waals surface area contributed by atoms with Crippen LogP contribution < -0.4 is 4.74 Å². The zero-order chi connectivity index (χ0) is 13.7. The molecule has 0 bridgehead atoms. The molecule has 19 heavy (non-hydrogen) atoms. The molecule has 0 aliphatic heterocycles. The SMILES string of the molecule is C/C(=N\O)c1ccccc1OCc1ccccc1C. The zero-order valence-electron chi connectivity index (χ0n) is 11.1. The van der Waals surface area contributed by atoms with Crippen LogP contribution in [0.15, 0.2) is 53.7 Å². The summed E-state index contributed by atoms with van der Waals surface area (Å²) in [6, 6.07) is 15.7. The second kappa shape index (κ2) is 6.05. The lowest BCUT2D eigenvalue weighted by Crippen LogP contribution is -2.03. The average molecular weight is 255 g/mol. The highest BCUT2D eigenvalue weighted by Crippen LogP contribution is 2.20. The van der Waals surface area contributed by atoms with Gasteiger partial charge in [-0.15, -0.1) is 0 Å². The van der Waals surface area contributed by atoms with E-state index in [1.807, 2.05) is 42.5 Å². The van der Waals surface area contributed by atoms with Crippen LogP contribution in [-0.2, 0) is 6.61 Å². The Morgan fingerprint density at radius 1 is 1.11 bits per heavy atom. The van der Waals surface area contributed by atoms with Gasteiger partial charge in [-0.3, -0.25) is 0 Å². The second-order valence-corrected chi connectivity index (χ2v) is 4.40. The van der Waals surface area contributed by atoms with Crippen molar-refractivity contribution in [1.82, 2.24) is 0 Å². The van der Waals surface area contributed by atoms with Gasteiger partial charge in [0.25, 0.3) is 0 Å². The van der Waals surface area contributed by atoms with Gasteiger partial charge < -0.3 is 9.94 Å². The van der Waals surface area contributed by atoms with Crippen molar-refractivity contribution in [2.75, 3.05) is 0 Å². The lowest BCUT2D eigenvalue weighted by atomic mass is 10.1. The molecule has 0 atom stereocenters. The second-order valence-electron chi connectivity index (χ2n) is 4.40. The van der Waals surface area contributed by atoms with E-state index in [0.717, 1.165) is 16.9 Å². The van der Waals surface area contributed by atoms with Crippen molar-refractivity contribution in [3.63, 3.8) is 0 Å². The summed E-state index contributed by atoms with van der Waals surface area (Å²) in [7, 11) is 0. The first-order chi connectivity index (χ1) is 9.22. The van der Waals surface area contributed by atoms with E-state index in [1.165, 1.54) is 5.56 Å². The van der Waals surface area contributed by atoms with Crippen molar-refractivity contribution in [3.05, 3.63) is 65.2 Å². The predicted molar refractivity (Wildman–Crippen MR) is 76.0 cm³/mol. The van der Waals surface area contributed by atoms with Gasteiger partial charge in [0.1, 0.15) is 12.4 Å². The van der Waals surface area contributed by atoms with Crippen LogP contribution in [0, 0.1) is 6.92 Å². The van der Waals surface area contributed by atoms with Gasteiger partial charge in [0, 0.05) is 5.56 Å². The highest BCUT2D eigenvalue weighted by molar-refractivity contribution is 6.00. The standard InChI is InChI=1S/C16H17NO2/c1-12-7-3-4-8-14(12)11-19-16-10-6-5-9-15(16)13(2)17-18/h3-10,18H,11H2,1-2H3/b17-13+. The van der Waals surface area contributed by atoms with Crippen LogP contribution in [0.1, 0.15) is 23.6 Å². The van der Waals surface area contributed by atoms with Gasteiger partial charge in [-0.2, -0.15) is 0 Å². The molecule has 0 unspecified atom stereocenters. The Labute approximate surface area is 113 Å². The third-order valence-electron chi connectivity index (χ3n) is 3.07. The summed E-state index contributed by atoms with van der Waals surface area (Å²) in [6.07, 6.45) is 0. The molecule has 0 aliphatic carbocycles. The van der Waals surface area contributed by atoms with E-state index < -0.39 is 0 Å². The Balaban J connectivity index is 2.19. The van der Waals surface area contributed by atoms with Crippen LogP contribution in [0.3, 0.4) is 0 Å². The Kier molecular flexibility index (Phi) is 4.18. The van der Waals surface area contributed by atoms with Gasteiger partial charge in [0.05, 0.1) is 5.71 Å². The molecule has 0 saturated carbocycles. The number of aryl methyl sites for hydroxylation is 1. The van der Waals surface area contributed by atoms with Gasteiger partial charge in [-0.1, -0.05) is 41.6 Å². The molecule has 0 fully saturated rings. The third-order valence-corrected chi connectivity index (χ3v) is 3.07. The molecule has 0 saturated heterocycles. The molecule has 3 nitrogen and oxygen atoms in total. The summed E-state index contributed by atoms with van der Waals surface area (Å²) in [5, 5.41) is 12.1.